The Kier molecular flexibility index (Phi) is 6.25. The summed E-state index contributed by atoms with van der Waals surface area (Å²) in [4.78, 5) is 2.41. The van der Waals surface area contributed by atoms with E-state index in [4.69, 9.17) is 0 Å². The van der Waals surface area contributed by atoms with E-state index in [0.717, 1.165) is 5.69 Å². The first-order valence-corrected chi connectivity index (χ1v) is 16.9. The van der Waals surface area contributed by atoms with Gasteiger partial charge < -0.3 is 4.90 Å². The zero-order valence-electron chi connectivity index (χ0n) is 26.8. The molecule has 0 amide bonds. The lowest BCUT2D eigenvalue weighted by Gasteiger charge is -2.27. The Labute approximate surface area is 286 Å². The second kappa shape index (κ2) is 11.1. The van der Waals surface area contributed by atoms with Crippen molar-refractivity contribution in [3.8, 4) is 44.5 Å². The van der Waals surface area contributed by atoms with Crippen LogP contribution in [-0.4, -0.2) is 0 Å². The van der Waals surface area contributed by atoms with Gasteiger partial charge in [-0.25, -0.2) is 0 Å². The normalized spacial score (nSPS) is 12.0. The van der Waals surface area contributed by atoms with Crippen LogP contribution in [0.25, 0.3) is 76.8 Å². The summed E-state index contributed by atoms with van der Waals surface area (Å²) < 4.78 is 0. The predicted octanol–water partition coefficient (Wildman–Crippen LogP) is 13.6. The molecule has 9 aromatic carbocycles. The first-order chi connectivity index (χ1) is 24.3. The Balaban J connectivity index is 1.09. The van der Waals surface area contributed by atoms with Gasteiger partial charge in [0.15, 0.2) is 0 Å². The molecule has 228 valence electrons. The van der Waals surface area contributed by atoms with E-state index in [0.29, 0.717) is 0 Å². The standard InChI is InChI=1S/C48H31N/c1-2-12-36(13-3-1)49-47-21-11-10-20-44(47)40-17-7-9-19-42(40)46-31-35(27-29-48(46)49)33-24-22-32(23-25-33)34-26-28-43-39-16-5-4-14-37(39)38-15-6-8-18-41(38)45(43)30-34/h1-31H. The van der Waals surface area contributed by atoms with Gasteiger partial charge in [0.1, 0.15) is 0 Å². The quantitative estimate of drug-likeness (QED) is 0.177. The minimum Gasteiger partial charge on any atom is -0.309 e. The van der Waals surface area contributed by atoms with Gasteiger partial charge >= 0.3 is 0 Å². The molecule has 0 spiro atoms. The predicted molar refractivity (Wildman–Crippen MR) is 209 cm³/mol. The second-order valence-electron chi connectivity index (χ2n) is 12.9. The molecule has 9 aromatic rings. The van der Waals surface area contributed by atoms with Crippen molar-refractivity contribution in [3.05, 3.63) is 188 Å². The van der Waals surface area contributed by atoms with Gasteiger partial charge in [0.05, 0.1) is 11.4 Å². The third kappa shape index (κ3) is 4.40. The molecule has 0 aromatic heterocycles. The number of anilines is 3. The zero-order valence-corrected chi connectivity index (χ0v) is 26.8. The largest absolute Gasteiger partial charge is 0.309 e. The third-order valence-electron chi connectivity index (χ3n) is 10.2. The molecule has 0 saturated carbocycles. The SMILES string of the molecule is c1ccc(N2c3ccccc3-c3ccccc3-c3cc(-c4ccc(-c5ccc6c7ccccc7c7ccccc7c6c5)cc4)ccc32)cc1. The molecule has 1 nitrogen and oxygen atoms in total. The van der Waals surface area contributed by atoms with E-state index in [-0.39, 0.29) is 0 Å². The topological polar surface area (TPSA) is 3.24 Å². The highest BCUT2D eigenvalue weighted by Crippen LogP contribution is 2.51. The Morgan fingerprint density at radius 1 is 0.245 bits per heavy atom. The summed E-state index contributed by atoms with van der Waals surface area (Å²) in [6, 6.07) is 68.8. The molecule has 0 saturated heterocycles. The molecule has 0 fully saturated rings. The van der Waals surface area contributed by atoms with E-state index in [9.17, 15) is 0 Å². The van der Waals surface area contributed by atoms with Crippen molar-refractivity contribution in [2.24, 2.45) is 0 Å². The van der Waals surface area contributed by atoms with Crippen LogP contribution in [0.3, 0.4) is 0 Å². The van der Waals surface area contributed by atoms with Gasteiger partial charge in [-0.3, -0.25) is 0 Å². The maximum Gasteiger partial charge on any atom is 0.0540 e. The van der Waals surface area contributed by atoms with E-state index in [1.165, 1.54) is 88.2 Å². The van der Waals surface area contributed by atoms with Gasteiger partial charge in [0, 0.05) is 16.8 Å². The average molecular weight is 622 g/mol. The summed E-state index contributed by atoms with van der Waals surface area (Å²) in [5.74, 6) is 0. The van der Waals surface area contributed by atoms with E-state index < -0.39 is 0 Å². The highest BCUT2D eigenvalue weighted by Gasteiger charge is 2.26. The van der Waals surface area contributed by atoms with Crippen LogP contribution >= 0.6 is 0 Å². The molecule has 1 heterocycles. The molecule has 0 radical (unpaired) electrons. The molecule has 49 heavy (non-hydrogen) atoms. The average Bonchev–Trinajstić information content (AvgIpc) is 3.31. The summed E-state index contributed by atoms with van der Waals surface area (Å²) in [5.41, 5.74) is 13.3. The second-order valence-corrected chi connectivity index (χ2v) is 12.9. The van der Waals surface area contributed by atoms with E-state index >= 15 is 0 Å². The highest BCUT2D eigenvalue weighted by atomic mass is 15.1. The number of hydrogen-bond acceptors (Lipinski definition) is 1. The molecular weight excluding hydrogens is 591 g/mol. The zero-order chi connectivity index (χ0) is 32.3. The molecule has 1 aliphatic heterocycles. The van der Waals surface area contributed by atoms with Crippen LogP contribution in [0.15, 0.2) is 188 Å². The number of rotatable bonds is 3. The first-order valence-electron chi connectivity index (χ1n) is 16.9. The maximum absolute atomic E-state index is 2.41. The number of benzene rings is 9. The minimum atomic E-state index is 1.15. The van der Waals surface area contributed by atoms with Crippen molar-refractivity contribution in [1.82, 2.24) is 0 Å². The van der Waals surface area contributed by atoms with Gasteiger partial charge in [0.25, 0.3) is 0 Å². The molecule has 0 unspecified atom stereocenters. The molecule has 10 rings (SSSR count). The van der Waals surface area contributed by atoms with Crippen molar-refractivity contribution in [3.63, 3.8) is 0 Å². The van der Waals surface area contributed by atoms with Gasteiger partial charge in [0.2, 0.25) is 0 Å². The van der Waals surface area contributed by atoms with Crippen LogP contribution in [0.5, 0.6) is 0 Å². The van der Waals surface area contributed by atoms with Crippen molar-refractivity contribution < 1.29 is 0 Å². The van der Waals surface area contributed by atoms with E-state index in [2.05, 4.69) is 193 Å². The fraction of sp³-hybridized carbons (Fsp3) is 0. The Hall–Kier alpha value is -6.44. The van der Waals surface area contributed by atoms with Crippen molar-refractivity contribution in [2.75, 3.05) is 4.90 Å². The molecule has 0 N–H and O–H groups in total. The fourth-order valence-corrected chi connectivity index (χ4v) is 7.90. The molecule has 0 bridgehead atoms. The number of hydrogen-bond donors (Lipinski definition) is 0. The van der Waals surface area contributed by atoms with Crippen LogP contribution < -0.4 is 4.90 Å². The van der Waals surface area contributed by atoms with Crippen molar-refractivity contribution in [1.29, 1.82) is 0 Å². The van der Waals surface area contributed by atoms with Crippen LogP contribution in [0.4, 0.5) is 17.1 Å². The van der Waals surface area contributed by atoms with Crippen LogP contribution in [-0.2, 0) is 0 Å². The fourth-order valence-electron chi connectivity index (χ4n) is 7.90. The summed E-state index contributed by atoms with van der Waals surface area (Å²) >= 11 is 0. The summed E-state index contributed by atoms with van der Waals surface area (Å²) in [7, 11) is 0. The molecule has 0 atom stereocenters. The monoisotopic (exact) mass is 621 g/mol. The Morgan fingerprint density at radius 3 is 1.33 bits per heavy atom. The summed E-state index contributed by atoms with van der Waals surface area (Å²) in [6.07, 6.45) is 0. The first kappa shape index (κ1) is 27.7. The van der Waals surface area contributed by atoms with Gasteiger partial charge in [-0.15, -0.1) is 0 Å². The lowest BCUT2D eigenvalue weighted by Crippen LogP contribution is -2.10. The summed E-state index contributed by atoms with van der Waals surface area (Å²) in [5, 5.41) is 7.80. The lowest BCUT2D eigenvalue weighted by atomic mass is 9.91. The van der Waals surface area contributed by atoms with Crippen LogP contribution in [0, 0.1) is 0 Å². The van der Waals surface area contributed by atoms with Gasteiger partial charge in [-0.2, -0.15) is 0 Å². The summed E-state index contributed by atoms with van der Waals surface area (Å²) in [6.45, 7) is 0. The Bertz CT molecular complexity index is 2670. The highest BCUT2D eigenvalue weighted by molar-refractivity contribution is 6.25. The third-order valence-corrected chi connectivity index (χ3v) is 10.2. The number of nitrogens with zero attached hydrogens (tertiary/aromatic N) is 1. The smallest absolute Gasteiger partial charge is 0.0540 e. The van der Waals surface area contributed by atoms with E-state index in [1.54, 1.807) is 0 Å². The molecule has 1 aliphatic rings. The number of fused-ring (bicyclic) bond motifs is 11. The van der Waals surface area contributed by atoms with Crippen LogP contribution in [0.1, 0.15) is 0 Å². The number of para-hydroxylation sites is 2. The van der Waals surface area contributed by atoms with E-state index in [1.807, 2.05) is 0 Å². The molecule has 1 heteroatoms. The van der Waals surface area contributed by atoms with Crippen LogP contribution in [0.2, 0.25) is 0 Å². The molecule has 0 aliphatic carbocycles. The maximum atomic E-state index is 2.41. The Morgan fingerprint density at radius 2 is 0.673 bits per heavy atom. The minimum absolute atomic E-state index is 1.15. The van der Waals surface area contributed by atoms with Gasteiger partial charge in [-0.05, 0) is 102 Å². The van der Waals surface area contributed by atoms with Crippen molar-refractivity contribution in [2.45, 2.75) is 0 Å². The molecular formula is C48H31N. The van der Waals surface area contributed by atoms with Crippen molar-refractivity contribution >= 4 is 49.4 Å². The van der Waals surface area contributed by atoms with Gasteiger partial charge in [-0.1, -0.05) is 152 Å². The lowest BCUT2D eigenvalue weighted by molar-refractivity contribution is 1.29.